The third kappa shape index (κ3) is 2.60. The van der Waals surface area contributed by atoms with Crippen molar-refractivity contribution in [3.05, 3.63) is 23.8 Å². The fraction of sp³-hybridized carbons (Fsp3) is 0.500. The lowest BCUT2D eigenvalue weighted by Gasteiger charge is -2.24. The van der Waals surface area contributed by atoms with Crippen LogP contribution in [0.15, 0.2) is 18.2 Å². The first-order chi connectivity index (χ1) is 7.98. The van der Waals surface area contributed by atoms with E-state index in [2.05, 4.69) is 16.7 Å². The molecule has 0 aromatic heterocycles. The van der Waals surface area contributed by atoms with Gasteiger partial charge in [-0.1, -0.05) is 32.9 Å². The smallest absolute Gasteiger partial charge is 0.229 e. The number of amides is 1. The number of aryl methyl sites for hydroxylation is 1. The number of hydrogen-bond acceptors (Lipinski definition) is 2. The van der Waals surface area contributed by atoms with E-state index in [-0.39, 0.29) is 11.3 Å². The summed E-state index contributed by atoms with van der Waals surface area (Å²) in [5, 5.41) is 6.38. The van der Waals surface area contributed by atoms with Gasteiger partial charge in [-0.25, -0.2) is 0 Å². The van der Waals surface area contributed by atoms with Crippen LogP contribution in [0.25, 0.3) is 0 Å². The molecule has 3 heteroatoms. The van der Waals surface area contributed by atoms with E-state index in [1.807, 2.05) is 32.9 Å². The van der Waals surface area contributed by atoms with Crippen molar-refractivity contribution in [2.24, 2.45) is 5.41 Å². The highest BCUT2D eigenvalue weighted by atomic mass is 16.2. The maximum absolute atomic E-state index is 12.0. The molecular weight excluding hydrogens is 212 g/mol. The Labute approximate surface area is 103 Å². The molecule has 0 unspecified atom stereocenters. The average Bonchev–Trinajstić information content (AvgIpc) is 2.28. The van der Waals surface area contributed by atoms with Crippen LogP contribution in [0.1, 0.15) is 32.8 Å². The first-order valence-electron chi connectivity index (χ1n) is 6.16. The Morgan fingerprint density at radius 3 is 2.82 bits per heavy atom. The standard InChI is InChI=1S/C14H20N2O/c1-14(2,3)13(17)16-11-8-4-6-10-7-5-9-15-12(10)11/h4,6,8,15H,5,7,9H2,1-3H3,(H,16,17). The van der Waals surface area contributed by atoms with Crippen molar-refractivity contribution in [2.75, 3.05) is 17.2 Å². The van der Waals surface area contributed by atoms with E-state index in [0.29, 0.717) is 0 Å². The van der Waals surface area contributed by atoms with Gasteiger partial charge in [-0.3, -0.25) is 4.79 Å². The van der Waals surface area contributed by atoms with Crippen molar-refractivity contribution in [1.82, 2.24) is 0 Å². The highest BCUT2D eigenvalue weighted by molar-refractivity contribution is 5.97. The van der Waals surface area contributed by atoms with Crippen LogP contribution in [0.5, 0.6) is 0 Å². The van der Waals surface area contributed by atoms with Crippen LogP contribution in [0.4, 0.5) is 11.4 Å². The van der Waals surface area contributed by atoms with Crippen LogP contribution in [0.2, 0.25) is 0 Å². The van der Waals surface area contributed by atoms with Crippen LogP contribution < -0.4 is 10.6 Å². The molecule has 1 aliphatic heterocycles. The van der Waals surface area contributed by atoms with Gasteiger partial charge in [-0.05, 0) is 24.5 Å². The molecule has 0 fully saturated rings. The number of para-hydroxylation sites is 1. The molecule has 17 heavy (non-hydrogen) atoms. The Hall–Kier alpha value is -1.51. The summed E-state index contributed by atoms with van der Waals surface area (Å²) in [4.78, 5) is 12.0. The molecule has 2 N–H and O–H groups in total. The molecule has 0 bridgehead atoms. The molecule has 92 valence electrons. The molecule has 0 aliphatic carbocycles. The van der Waals surface area contributed by atoms with Gasteiger partial charge in [0.2, 0.25) is 5.91 Å². The largest absolute Gasteiger partial charge is 0.383 e. The summed E-state index contributed by atoms with van der Waals surface area (Å²) in [5.74, 6) is 0.0540. The van der Waals surface area contributed by atoms with Gasteiger partial charge in [0.05, 0.1) is 11.4 Å². The van der Waals surface area contributed by atoms with E-state index < -0.39 is 0 Å². The number of nitrogens with one attached hydrogen (secondary N) is 2. The van der Waals surface area contributed by atoms with Crippen molar-refractivity contribution in [3.8, 4) is 0 Å². The number of carbonyl (C=O) groups is 1. The van der Waals surface area contributed by atoms with Crippen LogP contribution in [-0.4, -0.2) is 12.5 Å². The maximum atomic E-state index is 12.0. The van der Waals surface area contributed by atoms with Crippen LogP contribution in [0.3, 0.4) is 0 Å². The second kappa shape index (κ2) is 4.40. The van der Waals surface area contributed by atoms with Gasteiger partial charge in [0, 0.05) is 12.0 Å². The molecule has 0 saturated carbocycles. The number of anilines is 2. The molecule has 0 radical (unpaired) electrons. The summed E-state index contributed by atoms with van der Waals surface area (Å²) in [7, 11) is 0. The monoisotopic (exact) mass is 232 g/mol. The highest BCUT2D eigenvalue weighted by Crippen LogP contribution is 2.31. The van der Waals surface area contributed by atoms with Gasteiger partial charge < -0.3 is 10.6 Å². The summed E-state index contributed by atoms with van der Waals surface area (Å²) in [5.41, 5.74) is 2.93. The molecule has 3 nitrogen and oxygen atoms in total. The second-order valence-corrected chi connectivity index (χ2v) is 5.57. The first-order valence-corrected chi connectivity index (χ1v) is 6.16. The third-order valence-corrected chi connectivity index (χ3v) is 3.00. The Bertz CT molecular complexity index is 432. The molecule has 1 amide bonds. The van der Waals surface area contributed by atoms with Crippen molar-refractivity contribution in [1.29, 1.82) is 0 Å². The second-order valence-electron chi connectivity index (χ2n) is 5.57. The van der Waals surface area contributed by atoms with Crippen molar-refractivity contribution in [2.45, 2.75) is 33.6 Å². The summed E-state index contributed by atoms with van der Waals surface area (Å²) < 4.78 is 0. The van der Waals surface area contributed by atoms with Crippen molar-refractivity contribution < 1.29 is 4.79 Å². The maximum Gasteiger partial charge on any atom is 0.229 e. The Morgan fingerprint density at radius 2 is 2.12 bits per heavy atom. The van der Waals surface area contributed by atoms with E-state index >= 15 is 0 Å². The van der Waals surface area contributed by atoms with Crippen molar-refractivity contribution in [3.63, 3.8) is 0 Å². The van der Waals surface area contributed by atoms with Gasteiger partial charge in [0.1, 0.15) is 0 Å². The van der Waals surface area contributed by atoms with Gasteiger partial charge >= 0.3 is 0 Å². The fourth-order valence-corrected chi connectivity index (χ4v) is 1.92. The van der Waals surface area contributed by atoms with Crippen LogP contribution in [0, 0.1) is 5.41 Å². The molecule has 0 spiro atoms. The van der Waals surface area contributed by atoms with Gasteiger partial charge in [-0.15, -0.1) is 0 Å². The number of hydrogen-bond donors (Lipinski definition) is 2. The Balaban J connectivity index is 2.25. The molecule has 2 rings (SSSR count). The molecule has 1 aliphatic rings. The van der Waals surface area contributed by atoms with Gasteiger partial charge in [0.15, 0.2) is 0 Å². The minimum Gasteiger partial charge on any atom is -0.383 e. The van der Waals surface area contributed by atoms with Crippen LogP contribution >= 0.6 is 0 Å². The minimum atomic E-state index is -0.364. The number of fused-ring (bicyclic) bond motifs is 1. The van der Waals surface area contributed by atoms with E-state index in [9.17, 15) is 4.79 Å². The van der Waals surface area contributed by atoms with E-state index in [4.69, 9.17) is 0 Å². The Morgan fingerprint density at radius 1 is 1.35 bits per heavy atom. The number of carbonyl (C=O) groups excluding carboxylic acids is 1. The molecule has 0 atom stereocenters. The van der Waals surface area contributed by atoms with E-state index in [1.165, 1.54) is 5.56 Å². The third-order valence-electron chi connectivity index (χ3n) is 3.00. The fourth-order valence-electron chi connectivity index (χ4n) is 1.92. The van der Waals surface area contributed by atoms with E-state index in [0.717, 1.165) is 30.8 Å². The topological polar surface area (TPSA) is 41.1 Å². The lowest BCUT2D eigenvalue weighted by atomic mass is 9.95. The molecule has 1 aromatic rings. The predicted molar refractivity (Wildman–Crippen MR) is 71.3 cm³/mol. The first kappa shape index (κ1) is 12.0. The summed E-state index contributed by atoms with van der Waals surface area (Å²) >= 11 is 0. The summed E-state index contributed by atoms with van der Waals surface area (Å²) in [6.07, 6.45) is 2.24. The molecule has 1 heterocycles. The molecule has 0 saturated heterocycles. The minimum absolute atomic E-state index is 0.0540. The lowest BCUT2D eigenvalue weighted by Crippen LogP contribution is -2.28. The zero-order valence-corrected chi connectivity index (χ0v) is 10.8. The quantitative estimate of drug-likeness (QED) is 0.781. The SMILES string of the molecule is CC(C)(C)C(=O)Nc1cccc2c1NCCC2. The number of benzene rings is 1. The van der Waals surface area contributed by atoms with Gasteiger partial charge in [0.25, 0.3) is 0 Å². The predicted octanol–water partition coefficient (Wildman–Crippen LogP) is 3.03. The highest BCUT2D eigenvalue weighted by Gasteiger charge is 2.23. The average molecular weight is 232 g/mol. The summed E-state index contributed by atoms with van der Waals surface area (Å²) in [6, 6.07) is 6.08. The zero-order chi connectivity index (χ0) is 12.5. The molecular formula is C14H20N2O. The summed E-state index contributed by atoms with van der Waals surface area (Å²) in [6.45, 7) is 6.75. The van der Waals surface area contributed by atoms with Crippen molar-refractivity contribution >= 4 is 17.3 Å². The normalized spacial score (nSPS) is 14.8. The zero-order valence-electron chi connectivity index (χ0n) is 10.8. The molecule has 1 aromatic carbocycles. The lowest BCUT2D eigenvalue weighted by molar-refractivity contribution is -0.123. The van der Waals surface area contributed by atoms with Gasteiger partial charge in [-0.2, -0.15) is 0 Å². The Kier molecular flexibility index (Phi) is 3.09. The van der Waals surface area contributed by atoms with Crippen LogP contribution in [-0.2, 0) is 11.2 Å². The number of rotatable bonds is 1. The van der Waals surface area contributed by atoms with E-state index in [1.54, 1.807) is 0 Å².